The van der Waals surface area contributed by atoms with Gasteiger partial charge in [0.2, 0.25) is 0 Å². The maximum Gasteiger partial charge on any atom is 0.337 e. The molecule has 0 heterocycles. The number of sulfonamides is 1. The number of para-hydroxylation sites is 2. The zero-order valence-corrected chi connectivity index (χ0v) is 18.3. The molecule has 176 valence electrons. The van der Waals surface area contributed by atoms with Crippen molar-refractivity contribution in [3.8, 4) is 11.5 Å². The second-order valence-corrected chi connectivity index (χ2v) is 8.34. The maximum atomic E-state index is 12.7. The largest absolute Gasteiger partial charge is 0.504 e. The highest BCUT2D eigenvalue weighted by atomic mass is 32.2. The SMILES string of the molecule is COc1cccc(C=NNc2ccc(S(=O)(=O)Nc3ccccc3C(=O)O)cc2[N+](=O)[O-])c1O. The van der Waals surface area contributed by atoms with Gasteiger partial charge < -0.3 is 14.9 Å². The molecule has 0 atom stereocenters. The average Bonchev–Trinajstić information content (AvgIpc) is 2.80. The van der Waals surface area contributed by atoms with E-state index in [9.17, 15) is 33.5 Å². The molecular formula is C21H18N4O8S. The summed E-state index contributed by atoms with van der Waals surface area (Å²) in [6.45, 7) is 0. The molecule has 0 bridgehead atoms. The third kappa shape index (κ3) is 5.21. The normalized spacial score (nSPS) is 11.2. The number of phenolic OH excluding ortho intramolecular Hbond substituents is 1. The molecule has 3 aromatic carbocycles. The van der Waals surface area contributed by atoms with Gasteiger partial charge in [0, 0.05) is 11.6 Å². The first-order valence-electron chi connectivity index (χ1n) is 9.42. The fourth-order valence-corrected chi connectivity index (χ4v) is 3.97. The molecule has 4 N–H and O–H groups in total. The van der Waals surface area contributed by atoms with E-state index >= 15 is 0 Å². The number of aromatic hydroxyl groups is 1. The van der Waals surface area contributed by atoms with Gasteiger partial charge in [-0.05, 0) is 36.4 Å². The van der Waals surface area contributed by atoms with Crippen LogP contribution in [0.2, 0.25) is 0 Å². The van der Waals surface area contributed by atoms with Gasteiger partial charge in [-0.1, -0.05) is 18.2 Å². The summed E-state index contributed by atoms with van der Waals surface area (Å²) < 4.78 is 32.6. The van der Waals surface area contributed by atoms with Crippen LogP contribution in [0, 0.1) is 10.1 Å². The zero-order valence-electron chi connectivity index (χ0n) is 17.5. The van der Waals surface area contributed by atoms with E-state index in [1.54, 1.807) is 6.07 Å². The highest BCUT2D eigenvalue weighted by molar-refractivity contribution is 7.92. The second-order valence-electron chi connectivity index (χ2n) is 6.66. The molecule has 0 unspecified atom stereocenters. The maximum absolute atomic E-state index is 12.7. The van der Waals surface area contributed by atoms with Gasteiger partial charge in [0.15, 0.2) is 11.5 Å². The number of carboxylic acid groups (broad SMARTS) is 1. The number of carbonyl (C=O) groups is 1. The molecule has 13 heteroatoms. The Morgan fingerprint density at radius 2 is 1.85 bits per heavy atom. The minimum absolute atomic E-state index is 0.117. The lowest BCUT2D eigenvalue weighted by Gasteiger charge is -2.11. The molecule has 3 aromatic rings. The number of nitrogens with one attached hydrogen (secondary N) is 2. The van der Waals surface area contributed by atoms with E-state index in [4.69, 9.17) is 4.74 Å². The molecule has 0 aliphatic heterocycles. The number of rotatable bonds is 9. The summed E-state index contributed by atoms with van der Waals surface area (Å²) in [7, 11) is -2.97. The van der Waals surface area contributed by atoms with Crippen LogP contribution in [0.5, 0.6) is 11.5 Å². The highest BCUT2D eigenvalue weighted by Crippen LogP contribution is 2.30. The first kappa shape index (κ1) is 24.0. The molecule has 0 saturated carbocycles. The first-order valence-corrected chi connectivity index (χ1v) is 10.9. The number of benzene rings is 3. The van der Waals surface area contributed by atoms with Crippen LogP contribution in [0.15, 0.2) is 70.7 Å². The van der Waals surface area contributed by atoms with Crippen molar-refractivity contribution in [1.29, 1.82) is 0 Å². The van der Waals surface area contributed by atoms with Crippen molar-refractivity contribution < 1.29 is 33.1 Å². The molecule has 0 radical (unpaired) electrons. The van der Waals surface area contributed by atoms with Crippen molar-refractivity contribution in [3.05, 3.63) is 81.9 Å². The van der Waals surface area contributed by atoms with Gasteiger partial charge in [-0.3, -0.25) is 20.3 Å². The smallest absolute Gasteiger partial charge is 0.337 e. The number of nitrogens with zero attached hydrogens (tertiary/aromatic N) is 2. The van der Waals surface area contributed by atoms with E-state index in [2.05, 4.69) is 15.2 Å². The lowest BCUT2D eigenvalue weighted by molar-refractivity contribution is -0.384. The Labute approximate surface area is 193 Å². The van der Waals surface area contributed by atoms with Gasteiger partial charge >= 0.3 is 5.97 Å². The van der Waals surface area contributed by atoms with Crippen LogP contribution in [0.1, 0.15) is 15.9 Å². The molecule has 34 heavy (non-hydrogen) atoms. The molecular weight excluding hydrogens is 468 g/mol. The molecule has 0 aliphatic rings. The van der Waals surface area contributed by atoms with Crippen molar-refractivity contribution in [2.75, 3.05) is 17.3 Å². The van der Waals surface area contributed by atoms with Gasteiger partial charge in [0.05, 0.1) is 34.4 Å². The van der Waals surface area contributed by atoms with Crippen LogP contribution in [0.25, 0.3) is 0 Å². The van der Waals surface area contributed by atoms with E-state index in [-0.39, 0.29) is 34.0 Å². The number of nitro groups is 1. The van der Waals surface area contributed by atoms with Crippen molar-refractivity contribution >= 4 is 39.3 Å². The summed E-state index contributed by atoms with van der Waals surface area (Å²) in [6.07, 6.45) is 1.20. The van der Waals surface area contributed by atoms with E-state index in [0.717, 1.165) is 18.2 Å². The minimum atomic E-state index is -4.35. The van der Waals surface area contributed by atoms with Crippen LogP contribution in [-0.2, 0) is 10.0 Å². The number of aromatic carboxylic acids is 1. The molecule has 0 saturated heterocycles. The van der Waals surface area contributed by atoms with Crippen molar-refractivity contribution in [3.63, 3.8) is 0 Å². The molecule has 0 aromatic heterocycles. The number of methoxy groups -OCH3 is 1. The van der Waals surface area contributed by atoms with E-state index in [0.29, 0.717) is 0 Å². The second kappa shape index (κ2) is 9.87. The predicted molar refractivity (Wildman–Crippen MR) is 123 cm³/mol. The molecule has 0 aliphatic carbocycles. The summed E-state index contributed by atoms with van der Waals surface area (Å²) in [6, 6.07) is 13.1. The monoisotopic (exact) mass is 486 g/mol. The van der Waals surface area contributed by atoms with E-state index < -0.39 is 31.5 Å². The quantitative estimate of drug-likeness (QED) is 0.200. The van der Waals surface area contributed by atoms with Crippen LogP contribution in [0.4, 0.5) is 17.1 Å². The Morgan fingerprint density at radius 3 is 2.53 bits per heavy atom. The van der Waals surface area contributed by atoms with Gasteiger partial charge in [-0.25, -0.2) is 13.2 Å². The Hall–Kier alpha value is -4.65. The molecule has 0 fully saturated rings. The number of anilines is 2. The first-order chi connectivity index (χ1) is 16.1. The van der Waals surface area contributed by atoms with Crippen molar-refractivity contribution in [1.82, 2.24) is 0 Å². The number of hydrogen-bond acceptors (Lipinski definition) is 9. The Morgan fingerprint density at radius 1 is 1.12 bits per heavy atom. The number of hydrazone groups is 1. The predicted octanol–water partition coefficient (Wildman–Crippen LogP) is 3.25. The third-order valence-electron chi connectivity index (χ3n) is 4.52. The lowest BCUT2D eigenvalue weighted by Crippen LogP contribution is -2.16. The lowest BCUT2D eigenvalue weighted by atomic mass is 10.2. The number of carboxylic acids is 1. The van der Waals surface area contributed by atoms with Gasteiger partial charge in [0.25, 0.3) is 15.7 Å². The molecule has 3 rings (SSSR count). The van der Waals surface area contributed by atoms with Crippen LogP contribution < -0.4 is 14.9 Å². The van der Waals surface area contributed by atoms with Gasteiger partial charge in [-0.2, -0.15) is 5.10 Å². The van der Waals surface area contributed by atoms with Crippen LogP contribution in [0.3, 0.4) is 0 Å². The van der Waals surface area contributed by atoms with Gasteiger partial charge in [0.1, 0.15) is 5.69 Å². The Bertz CT molecular complexity index is 1390. The minimum Gasteiger partial charge on any atom is -0.504 e. The van der Waals surface area contributed by atoms with Gasteiger partial charge in [-0.15, -0.1) is 0 Å². The standard InChI is InChI=1S/C21H18N4O8S/c1-33-19-8-4-5-13(20(19)26)12-22-23-17-10-9-14(11-18(17)25(29)30)34(31,32)24-16-7-3-2-6-15(16)21(27)28/h2-12,23-24,26H,1H3,(H,27,28). The Balaban J connectivity index is 1.89. The summed E-state index contributed by atoms with van der Waals surface area (Å²) in [4.78, 5) is 21.6. The van der Waals surface area contributed by atoms with E-state index in [1.165, 1.54) is 49.7 Å². The number of hydrogen-bond donors (Lipinski definition) is 4. The van der Waals surface area contributed by atoms with Crippen LogP contribution in [-0.4, -0.2) is 42.8 Å². The van der Waals surface area contributed by atoms with Crippen molar-refractivity contribution in [2.24, 2.45) is 5.10 Å². The summed E-state index contributed by atoms with van der Waals surface area (Å²) in [5.74, 6) is -1.32. The number of nitro benzene ring substituents is 1. The Kier molecular flexibility index (Phi) is 6.97. The summed E-state index contributed by atoms with van der Waals surface area (Å²) in [5, 5.41) is 34.7. The number of phenols is 1. The highest BCUT2D eigenvalue weighted by Gasteiger charge is 2.23. The average molecular weight is 486 g/mol. The fourth-order valence-electron chi connectivity index (χ4n) is 2.87. The van der Waals surface area contributed by atoms with E-state index in [1.807, 2.05) is 0 Å². The molecule has 0 amide bonds. The topological polar surface area (TPSA) is 180 Å². The fraction of sp³-hybridized carbons (Fsp3) is 0.0476. The molecule has 12 nitrogen and oxygen atoms in total. The summed E-state index contributed by atoms with van der Waals surface area (Å²) in [5.41, 5.74) is 1.53. The third-order valence-corrected chi connectivity index (χ3v) is 5.88. The number of ether oxygens (including phenoxy) is 1. The van der Waals surface area contributed by atoms with Crippen LogP contribution >= 0.6 is 0 Å². The molecule has 0 spiro atoms. The summed E-state index contributed by atoms with van der Waals surface area (Å²) >= 11 is 0. The van der Waals surface area contributed by atoms with Crippen molar-refractivity contribution in [2.45, 2.75) is 4.90 Å². The zero-order chi connectivity index (χ0) is 24.9.